The number of H-pyrrole nitrogens is 1. The zero-order valence-corrected chi connectivity index (χ0v) is 16.0. The lowest BCUT2D eigenvalue weighted by Gasteiger charge is -2.19. The molecule has 0 radical (unpaired) electrons. The molecule has 1 amide bonds. The molecule has 4 nitrogen and oxygen atoms in total. The summed E-state index contributed by atoms with van der Waals surface area (Å²) >= 11 is 0. The Labute approximate surface area is 155 Å². The molecule has 2 N–H and O–H groups in total. The van der Waals surface area contributed by atoms with E-state index in [0.717, 1.165) is 28.8 Å². The molecule has 0 spiro atoms. The van der Waals surface area contributed by atoms with Crippen molar-refractivity contribution in [2.24, 2.45) is 5.92 Å². The van der Waals surface area contributed by atoms with Gasteiger partial charge in [-0.05, 0) is 55.0 Å². The predicted octanol–water partition coefficient (Wildman–Crippen LogP) is 4.63. The SMILES string of the molecule is Cc1ccc(CC(=O)N[C@@H](CC(C)C)c2nc3ccccc3[nH]2)cc1C. The summed E-state index contributed by atoms with van der Waals surface area (Å²) in [5.41, 5.74) is 5.43. The van der Waals surface area contributed by atoms with Crippen LogP contribution < -0.4 is 5.32 Å². The fourth-order valence-electron chi connectivity index (χ4n) is 3.19. The molecule has 2 aromatic carbocycles. The van der Waals surface area contributed by atoms with Gasteiger partial charge < -0.3 is 10.3 Å². The summed E-state index contributed by atoms with van der Waals surface area (Å²) in [6, 6.07) is 14.0. The number of aromatic nitrogens is 2. The number of amides is 1. The lowest BCUT2D eigenvalue weighted by molar-refractivity contribution is -0.121. The summed E-state index contributed by atoms with van der Waals surface area (Å²) in [7, 11) is 0. The zero-order chi connectivity index (χ0) is 18.7. The van der Waals surface area contributed by atoms with E-state index in [1.807, 2.05) is 30.3 Å². The van der Waals surface area contributed by atoms with Crippen molar-refractivity contribution < 1.29 is 4.79 Å². The first-order valence-electron chi connectivity index (χ1n) is 9.22. The maximum Gasteiger partial charge on any atom is 0.225 e. The van der Waals surface area contributed by atoms with Crippen molar-refractivity contribution in [3.05, 3.63) is 65.0 Å². The van der Waals surface area contributed by atoms with Crippen molar-refractivity contribution in [2.45, 2.75) is 46.6 Å². The third kappa shape index (κ3) is 4.31. The molecule has 0 saturated heterocycles. The number of hydrogen-bond donors (Lipinski definition) is 2. The quantitative estimate of drug-likeness (QED) is 0.682. The smallest absolute Gasteiger partial charge is 0.225 e. The highest BCUT2D eigenvalue weighted by Crippen LogP contribution is 2.22. The minimum atomic E-state index is -0.110. The van der Waals surface area contributed by atoms with Crippen LogP contribution in [-0.4, -0.2) is 15.9 Å². The van der Waals surface area contributed by atoms with Gasteiger partial charge in [-0.15, -0.1) is 0 Å². The van der Waals surface area contributed by atoms with Crippen molar-refractivity contribution in [2.75, 3.05) is 0 Å². The molecular formula is C22H27N3O. The predicted molar refractivity (Wildman–Crippen MR) is 106 cm³/mol. The van der Waals surface area contributed by atoms with Gasteiger partial charge in [0.2, 0.25) is 5.91 Å². The second-order valence-electron chi connectivity index (χ2n) is 7.48. The molecule has 1 atom stereocenters. The van der Waals surface area contributed by atoms with Crippen LogP contribution in [0.1, 0.15) is 48.8 Å². The monoisotopic (exact) mass is 349 g/mol. The highest BCUT2D eigenvalue weighted by molar-refractivity contribution is 5.79. The van der Waals surface area contributed by atoms with E-state index in [1.54, 1.807) is 0 Å². The van der Waals surface area contributed by atoms with E-state index in [4.69, 9.17) is 0 Å². The summed E-state index contributed by atoms with van der Waals surface area (Å²) < 4.78 is 0. The van der Waals surface area contributed by atoms with E-state index in [-0.39, 0.29) is 11.9 Å². The van der Waals surface area contributed by atoms with Crippen LogP contribution in [0.5, 0.6) is 0 Å². The number of fused-ring (bicyclic) bond motifs is 1. The number of benzene rings is 2. The number of carbonyl (C=O) groups is 1. The highest BCUT2D eigenvalue weighted by atomic mass is 16.1. The number of rotatable bonds is 6. The van der Waals surface area contributed by atoms with Crippen LogP contribution in [0.3, 0.4) is 0 Å². The van der Waals surface area contributed by atoms with Crippen molar-refractivity contribution in [1.29, 1.82) is 0 Å². The highest BCUT2D eigenvalue weighted by Gasteiger charge is 2.20. The Bertz CT molecular complexity index is 878. The van der Waals surface area contributed by atoms with Gasteiger partial charge >= 0.3 is 0 Å². The topological polar surface area (TPSA) is 57.8 Å². The Morgan fingerprint density at radius 1 is 1.12 bits per heavy atom. The van der Waals surface area contributed by atoms with E-state index in [9.17, 15) is 4.79 Å². The van der Waals surface area contributed by atoms with Crippen molar-refractivity contribution in [3.63, 3.8) is 0 Å². The van der Waals surface area contributed by atoms with Gasteiger partial charge in [-0.25, -0.2) is 4.98 Å². The Balaban J connectivity index is 1.77. The molecule has 26 heavy (non-hydrogen) atoms. The first-order chi connectivity index (χ1) is 12.4. The molecule has 0 aliphatic carbocycles. The Hall–Kier alpha value is -2.62. The Morgan fingerprint density at radius 3 is 2.58 bits per heavy atom. The molecule has 3 aromatic rings. The normalized spacial score (nSPS) is 12.5. The van der Waals surface area contributed by atoms with Crippen molar-refractivity contribution >= 4 is 16.9 Å². The molecule has 0 aliphatic rings. The lowest BCUT2D eigenvalue weighted by Crippen LogP contribution is -2.31. The molecule has 0 saturated carbocycles. The fourth-order valence-corrected chi connectivity index (χ4v) is 3.19. The number of aromatic amines is 1. The van der Waals surface area contributed by atoms with Gasteiger partial charge in [0.25, 0.3) is 0 Å². The van der Waals surface area contributed by atoms with Gasteiger partial charge in [0.1, 0.15) is 5.82 Å². The van der Waals surface area contributed by atoms with Gasteiger partial charge in [-0.2, -0.15) is 0 Å². The molecule has 0 aliphatic heterocycles. The van der Waals surface area contributed by atoms with Gasteiger partial charge in [-0.3, -0.25) is 4.79 Å². The average Bonchev–Trinajstić information content (AvgIpc) is 3.01. The van der Waals surface area contributed by atoms with Gasteiger partial charge in [0.05, 0.1) is 23.5 Å². The molecular weight excluding hydrogens is 322 g/mol. The molecule has 0 fully saturated rings. The molecule has 1 aromatic heterocycles. The number of aryl methyl sites for hydroxylation is 2. The number of hydrogen-bond acceptors (Lipinski definition) is 2. The van der Waals surface area contributed by atoms with Crippen LogP contribution in [0.15, 0.2) is 42.5 Å². The number of imidazole rings is 1. The minimum absolute atomic E-state index is 0.0272. The minimum Gasteiger partial charge on any atom is -0.346 e. The van der Waals surface area contributed by atoms with E-state index in [1.165, 1.54) is 11.1 Å². The van der Waals surface area contributed by atoms with Gasteiger partial charge in [0.15, 0.2) is 0 Å². The van der Waals surface area contributed by atoms with Crippen LogP contribution in [0.2, 0.25) is 0 Å². The van der Waals surface area contributed by atoms with Crippen LogP contribution in [0.25, 0.3) is 11.0 Å². The van der Waals surface area contributed by atoms with Crippen molar-refractivity contribution in [3.8, 4) is 0 Å². The Kier molecular flexibility index (Phi) is 5.40. The summed E-state index contributed by atoms with van der Waals surface area (Å²) in [5.74, 6) is 1.31. The molecule has 4 heteroatoms. The maximum absolute atomic E-state index is 12.6. The van der Waals surface area contributed by atoms with Crippen molar-refractivity contribution in [1.82, 2.24) is 15.3 Å². The summed E-state index contributed by atoms with van der Waals surface area (Å²) in [5, 5.41) is 3.18. The zero-order valence-electron chi connectivity index (χ0n) is 16.0. The van der Waals surface area contributed by atoms with E-state index in [0.29, 0.717) is 12.3 Å². The third-order valence-electron chi connectivity index (χ3n) is 4.72. The second-order valence-corrected chi connectivity index (χ2v) is 7.48. The van der Waals surface area contributed by atoms with Crippen LogP contribution in [-0.2, 0) is 11.2 Å². The molecule has 1 heterocycles. The number of carbonyl (C=O) groups excluding carboxylic acids is 1. The van der Waals surface area contributed by atoms with Gasteiger partial charge in [0, 0.05) is 0 Å². The van der Waals surface area contributed by atoms with E-state index < -0.39 is 0 Å². The standard InChI is InChI=1S/C22H27N3O/c1-14(2)11-20(22-24-18-7-5-6-8-19(18)25-22)23-21(26)13-17-10-9-15(3)16(4)12-17/h5-10,12,14,20H,11,13H2,1-4H3,(H,23,26)(H,24,25)/t20-/m0/s1. The number of nitrogens with one attached hydrogen (secondary N) is 2. The molecule has 136 valence electrons. The number of para-hydroxylation sites is 2. The molecule has 3 rings (SSSR count). The number of nitrogens with zero attached hydrogens (tertiary/aromatic N) is 1. The average molecular weight is 349 g/mol. The van der Waals surface area contributed by atoms with Crippen LogP contribution in [0, 0.1) is 19.8 Å². The first kappa shape index (κ1) is 18.2. The largest absolute Gasteiger partial charge is 0.346 e. The second kappa shape index (κ2) is 7.73. The fraction of sp³-hybridized carbons (Fsp3) is 0.364. The van der Waals surface area contributed by atoms with E-state index >= 15 is 0 Å². The third-order valence-corrected chi connectivity index (χ3v) is 4.72. The van der Waals surface area contributed by atoms with Crippen LogP contribution in [0.4, 0.5) is 0 Å². The first-order valence-corrected chi connectivity index (χ1v) is 9.22. The van der Waals surface area contributed by atoms with Crippen LogP contribution >= 0.6 is 0 Å². The molecule has 0 unspecified atom stereocenters. The molecule has 0 bridgehead atoms. The van der Waals surface area contributed by atoms with Gasteiger partial charge in [-0.1, -0.05) is 44.2 Å². The van der Waals surface area contributed by atoms with E-state index in [2.05, 4.69) is 55.1 Å². The summed E-state index contributed by atoms with van der Waals surface area (Å²) in [6.45, 7) is 8.47. The Morgan fingerprint density at radius 2 is 1.88 bits per heavy atom. The lowest BCUT2D eigenvalue weighted by atomic mass is 10.0. The summed E-state index contributed by atoms with van der Waals surface area (Å²) in [4.78, 5) is 20.7. The maximum atomic E-state index is 12.6. The summed E-state index contributed by atoms with van der Waals surface area (Å²) in [6.07, 6.45) is 1.23.